The highest BCUT2D eigenvalue weighted by molar-refractivity contribution is 6.17. The van der Waals surface area contributed by atoms with Crippen molar-refractivity contribution in [2.24, 2.45) is 0 Å². The van der Waals surface area contributed by atoms with Crippen molar-refractivity contribution >= 4 is 43.6 Å². The Hall–Kier alpha value is -6.64. The molecule has 0 N–H and O–H groups in total. The van der Waals surface area contributed by atoms with E-state index >= 15 is 0 Å². The fourth-order valence-electron chi connectivity index (χ4n) is 9.96. The molecule has 0 radical (unpaired) electrons. The smallest absolute Gasteiger partial charge is 0.0562 e. The number of rotatable bonds is 3. The average molecular weight is 661 g/mol. The normalized spacial score (nSPS) is 15.7. The SMILES string of the molecule is c1ccc(-c2ccccc2-n2c3ccccc3c3c(-n4c5ccccc5c5c6c(ccc54)C4c5ccccc5C6c5ccccc54)cccc32)cc1. The van der Waals surface area contributed by atoms with Crippen LogP contribution in [0.5, 0.6) is 0 Å². The first kappa shape index (κ1) is 28.1. The van der Waals surface area contributed by atoms with Crippen LogP contribution < -0.4 is 0 Å². The lowest BCUT2D eigenvalue weighted by atomic mass is 9.60. The van der Waals surface area contributed by atoms with Crippen LogP contribution in [0, 0.1) is 0 Å². The van der Waals surface area contributed by atoms with E-state index in [0.29, 0.717) is 0 Å². The molecule has 0 atom stereocenters. The highest BCUT2D eigenvalue weighted by Gasteiger charge is 2.42. The van der Waals surface area contributed by atoms with Gasteiger partial charge < -0.3 is 9.13 Å². The molecule has 242 valence electrons. The standard InChI is InChI=1S/C50H32N2/c1-2-15-31(16-3-1)32-17-8-11-24-40(32)51-41-25-12-9-22-37(41)48-43(51)27-14-28-44(48)52-42-26-13-10-23-38(42)49-45(52)30-29-39-46-33-18-4-6-20-35(33)47(50(39)49)36-21-7-5-19-34(36)46/h1-30,46-47H. The van der Waals surface area contributed by atoms with Crippen LogP contribution in [-0.4, -0.2) is 9.13 Å². The summed E-state index contributed by atoms with van der Waals surface area (Å²) in [5.41, 5.74) is 18.5. The van der Waals surface area contributed by atoms with Gasteiger partial charge in [-0.15, -0.1) is 0 Å². The Morgan fingerprint density at radius 2 is 0.808 bits per heavy atom. The number of benzene rings is 8. The maximum atomic E-state index is 2.55. The molecule has 0 unspecified atom stereocenters. The minimum atomic E-state index is 0.197. The van der Waals surface area contributed by atoms with Gasteiger partial charge in [-0.1, -0.05) is 146 Å². The number of hydrogen-bond donors (Lipinski definition) is 0. The summed E-state index contributed by atoms with van der Waals surface area (Å²) in [4.78, 5) is 0. The fourth-order valence-corrected chi connectivity index (χ4v) is 9.96. The van der Waals surface area contributed by atoms with Crippen LogP contribution in [0.3, 0.4) is 0 Å². The Kier molecular flexibility index (Phi) is 5.64. The van der Waals surface area contributed by atoms with Gasteiger partial charge in [0, 0.05) is 38.9 Å². The van der Waals surface area contributed by atoms with Crippen molar-refractivity contribution in [3.05, 3.63) is 215 Å². The summed E-state index contributed by atoms with van der Waals surface area (Å²) in [6, 6.07) is 67.6. The molecule has 52 heavy (non-hydrogen) atoms. The third-order valence-corrected chi connectivity index (χ3v) is 11.9. The second-order valence-corrected chi connectivity index (χ2v) is 14.3. The van der Waals surface area contributed by atoms with Gasteiger partial charge in [-0.2, -0.15) is 0 Å². The van der Waals surface area contributed by atoms with E-state index in [0.717, 1.165) is 0 Å². The van der Waals surface area contributed by atoms with Crippen LogP contribution in [0.2, 0.25) is 0 Å². The first-order chi connectivity index (χ1) is 25.9. The van der Waals surface area contributed by atoms with Gasteiger partial charge in [-0.25, -0.2) is 0 Å². The number of aromatic nitrogens is 2. The molecule has 0 saturated carbocycles. The number of hydrogen-bond acceptors (Lipinski definition) is 0. The fraction of sp³-hybridized carbons (Fsp3) is 0.0400. The van der Waals surface area contributed by atoms with E-state index in [1.54, 1.807) is 0 Å². The third-order valence-electron chi connectivity index (χ3n) is 11.9. The maximum Gasteiger partial charge on any atom is 0.0562 e. The van der Waals surface area contributed by atoms with Gasteiger partial charge in [0.05, 0.1) is 33.4 Å². The van der Waals surface area contributed by atoms with Crippen LogP contribution in [0.4, 0.5) is 0 Å². The summed E-state index contributed by atoms with van der Waals surface area (Å²) in [5, 5.41) is 5.20. The maximum absolute atomic E-state index is 2.55. The van der Waals surface area contributed by atoms with E-state index < -0.39 is 0 Å². The molecule has 2 bridgehead atoms. The molecule has 2 aromatic heterocycles. The molecule has 2 heteroatoms. The Bertz CT molecular complexity index is 3040. The highest BCUT2D eigenvalue weighted by atomic mass is 15.0. The molecule has 0 fully saturated rings. The van der Waals surface area contributed by atoms with Crippen molar-refractivity contribution in [3.8, 4) is 22.5 Å². The van der Waals surface area contributed by atoms with Gasteiger partial charge in [-0.3, -0.25) is 0 Å². The lowest BCUT2D eigenvalue weighted by Gasteiger charge is -2.42. The second kappa shape index (κ2) is 10.4. The Labute approximate surface area is 301 Å². The molecule has 3 aliphatic rings. The minimum absolute atomic E-state index is 0.197. The second-order valence-electron chi connectivity index (χ2n) is 14.3. The molecule has 0 aliphatic heterocycles. The van der Waals surface area contributed by atoms with E-state index in [4.69, 9.17) is 0 Å². The van der Waals surface area contributed by atoms with E-state index in [1.165, 1.54) is 99.5 Å². The first-order valence-electron chi connectivity index (χ1n) is 18.3. The topological polar surface area (TPSA) is 9.86 Å². The lowest BCUT2D eigenvalue weighted by Crippen LogP contribution is -2.27. The number of nitrogens with zero attached hydrogens (tertiary/aromatic N) is 2. The zero-order valence-corrected chi connectivity index (χ0v) is 28.4. The van der Waals surface area contributed by atoms with Gasteiger partial charge in [0.15, 0.2) is 0 Å². The molecular weight excluding hydrogens is 629 g/mol. The quantitative estimate of drug-likeness (QED) is 0.178. The molecular formula is C50H32N2. The summed E-state index contributed by atoms with van der Waals surface area (Å²) >= 11 is 0. The highest BCUT2D eigenvalue weighted by Crippen LogP contribution is 2.58. The minimum Gasteiger partial charge on any atom is -0.309 e. The van der Waals surface area contributed by atoms with Crippen molar-refractivity contribution in [3.63, 3.8) is 0 Å². The van der Waals surface area contributed by atoms with Gasteiger partial charge in [0.25, 0.3) is 0 Å². The Balaban J connectivity index is 1.19. The predicted octanol–water partition coefficient (Wildman–Crippen LogP) is 12.5. The third kappa shape index (κ3) is 3.58. The molecule has 10 aromatic rings. The monoisotopic (exact) mass is 660 g/mol. The molecule has 13 rings (SSSR count). The van der Waals surface area contributed by atoms with Crippen molar-refractivity contribution in [1.82, 2.24) is 9.13 Å². The van der Waals surface area contributed by atoms with Gasteiger partial charge in [0.1, 0.15) is 0 Å². The van der Waals surface area contributed by atoms with Crippen LogP contribution >= 0.6 is 0 Å². The van der Waals surface area contributed by atoms with Crippen LogP contribution in [0.15, 0.2) is 182 Å². The predicted molar refractivity (Wildman–Crippen MR) is 215 cm³/mol. The van der Waals surface area contributed by atoms with Crippen LogP contribution in [0.25, 0.3) is 66.1 Å². The van der Waals surface area contributed by atoms with Crippen molar-refractivity contribution < 1.29 is 0 Å². The summed E-state index contributed by atoms with van der Waals surface area (Å²) < 4.78 is 5.02. The van der Waals surface area contributed by atoms with E-state index in [9.17, 15) is 0 Å². The Morgan fingerprint density at radius 1 is 0.308 bits per heavy atom. The van der Waals surface area contributed by atoms with Crippen molar-refractivity contribution in [2.45, 2.75) is 11.8 Å². The van der Waals surface area contributed by atoms with Gasteiger partial charge >= 0.3 is 0 Å². The molecule has 2 heterocycles. The zero-order valence-electron chi connectivity index (χ0n) is 28.4. The number of fused-ring (bicyclic) bond motifs is 6. The summed E-state index contributed by atoms with van der Waals surface area (Å²) in [5.74, 6) is 0.438. The zero-order chi connectivity index (χ0) is 33.9. The van der Waals surface area contributed by atoms with Gasteiger partial charge in [-0.05, 0) is 75.3 Å². The van der Waals surface area contributed by atoms with Crippen LogP contribution in [0.1, 0.15) is 45.2 Å². The molecule has 8 aromatic carbocycles. The molecule has 0 saturated heterocycles. The van der Waals surface area contributed by atoms with Crippen LogP contribution in [-0.2, 0) is 0 Å². The lowest BCUT2D eigenvalue weighted by molar-refractivity contribution is 0.761. The molecule has 0 amide bonds. The van der Waals surface area contributed by atoms with E-state index in [-0.39, 0.29) is 11.8 Å². The van der Waals surface area contributed by atoms with E-state index in [1.807, 2.05) is 0 Å². The average Bonchev–Trinajstić information content (AvgIpc) is 3.74. The molecule has 0 spiro atoms. The van der Waals surface area contributed by atoms with Gasteiger partial charge in [0.2, 0.25) is 0 Å². The first-order valence-corrected chi connectivity index (χ1v) is 18.3. The number of para-hydroxylation sites is 3. The molecule has 2 nitrogen and oxygen atoms in total. The summed E-state index contributed by atoms with van der Waals surface area (Å²) in [6.07, 6.45) is 0. The Morgan fingerprint density at radius 3 is 1.52 bits per heavy atom. The summed E-state index contributed by atoms with van der Waals surface area (Å²) in [7, 11) is 0. The largest absolute Gasteiger partial charge is 0.309 e. The molecule has 3 aliphatic carbocycles. The summed E-state index contributed by atoms with van der Waals surface area (Å²) in [6.45, 7) is 0. The van der Waals surface area contributed by atoms with Crippen molar-refractivity contribution in [2.75, 3.05) is 0 Å². The van der Waals surface area contributed by atoms with Crippen molar-refractivity contribution in [1.29, 1.82) is 0 Å². The van der Waals surface area contributed by atoms with E-state index in [2.05, 4.69) is 191 Å².